The van der Waals surface area contributed by atoms with Crippen LogP contribution < -0.4 is 15.4 Å². The number of aryl methyl sites for hydroxylation is 1. The number of ether oxygens (including phenoxy) is 1. The van der Waals surface area contributed by atoms with Crippen molar-refractivity contribution in [3.05, 3.63) is 69.5 Å². The molecule has 0 aliphatic rings. The summed E-state index contributed by atoms with van der Waals surface area (Å²) < 4.78 is 5.26. The van der Waals surface area contributed by atoms with Crippen LogP contribution in [0.5, 0.6) is 5.75 Å². The first-order valence-corrected chi connectivity index (χ1v) is 8.30. The Kier molecular flexibility index (Phi) is 5.37. The Morgan fingerprint density at radius 2 is 1.81 bits per heavy atom. The minimum atomic E-state index is -0.546. The lowest BCUT2D eigenvalue weighted by atomic mass is 10.2. The highest BCUT2D eigenvalue weighted by atomic mass is 35.5. The van der Waals surface area contributed by atoms with Gasteiger partial charge in [-0.25, -0.2) is 9.97 Å². The summed E-state index contributed by atoms with van der Waals surface area (Å²) in [6, 6.07) is 12.3. The average Bonchev–Trinajstić information content (AvgIpc) is 2.65. The summed E-state index contributed by atoms with van der Waals surface area (Å²) in [4.78, 5) is 19.2. The summed E-state index contributed by atoms with van der Waals surface area (Å²) in [5, 5.41) is 18.1. The molecule has 1 heterocycles. The molecule has 0 fully saturated rings. The molecule has 0 unspecified atom stereocenters. The Hall–Kier alpha value is -3.39. The number of nitro groups is 1. The Morgan fingerprint density at radius 1 is 1.11 bits per heavy atom. The number of anilines is 4. The Balaban J connectivity index is 1.99. The van der Waals surface area contributed by atoms with Crippen molar-refractivity contribution in [2.45, 2.75) is 6.92 Å². The molecule has 0 amide bonds. The van der Waals surface area contributed by atoms with E-state index in [2.05, 4.69) is 20.6 Å². The van der Waals surface area contributed by atoms with Gasteiger partial charge in [-0.2, -0.15) is 0 Å². The third kappa shape index (κ3) is 4.06. The zero-order chi connectivity index (χ0) is 19.4. The van der Waals surface area contributed by atoms with E-state index in [-0.39, 0.29) is 17.3 Å². The summed E-state index contributed by atoms with van der Waals surface area (Å²) in [6.07, 6.45) is 1.24. The van der Waals surface area contributed by atoms with E-state index < -0.39 is 4.92 Å². The van der Waals surface area contributed by atoms with Gasteiger partial charge in [0.05, 0.1) is 17.7 Å². The van der Waals surface area contributed by atoms with E-state index in [1.165, 1.54) is 13.4 Å². The summed E-state index contributed by atoms with van der Waals surface area (Å²) >= 11 is 6.12. The van der Waals surface area contributed by atoms with E-state index in [0.29, 0.717) is 22.1 Å². The molecule has 27 heavy (non-hydrogen) atoms. The van der Waals surface area contributed by atoms with Crippen LogP contribution in [-0.4, -0.2) is 22.0 Å². The second kappa shape index (κ2) is 7.88. The SMILES string of the molecule is COc1ccccc1Nc1ncnc(Nc2ccc(C)c(Cl)c2)c1[N+](=O)[O-]. The number of para-hydroxylation sites is 2. The van der Waals surface area contributed by atoms with Crippen LogP contribution in [0.25, 0.3) is 0 Å². The van der Waals surface area contributed by atoms with Crippen LogP contribution in [0.2, 0.25) is 5.02 Å². The molecule has 3 aromatic rings. The third-order valence-electron chi connectivity index (χ3n) is 3.80. The van der Waals surface area contributed by atoms with Gasteiger partial charge in [0.2, 0.25) is 11.6 Å². The molecule has 9 heteroatoms. The van der Waals surface area contributed by atoms with Gasteiger partial charge in [0.25, 0.3) is 0 Å². The maximum absolute atomic E-state index is 11.7. The van der Waals surface area contributed by atoms with Crippen molar-refractivity contribution in [3.8, 4) is 5.75 Å². The molecule has 0 aliphatic carbocycles. The van der Waals surface area contributed by atoms with E-state index in [9.17, 15) is 10.1 Å². The maximum Gasteiger partial charge on any atom is 0.353 e. The van der Waals surface area contributed by atoms with Gasteiger partial charge in [0, 0.05) is 10.7 Å². The molecule has 3 rings (SSSR count). The van der Waals surface area contributed by atoms with Crippen LogP contribution in [0.3, 0.4) is 0 Å². The molecule has 1 aromatic heterocycles. The van der Waals surface area contributed by atoms with E-state index in [1.54, 1.807) is 36.4 Å². The van der Waals surface area contributed by atoms with Gasteiger partial charge in [-0.3, -0.25) is 10.1 Å². The number of aromatic nitrogens is 2. The molecule has 0 spiro atoms. The van der Waals surface area contributed by atoms with E-state index in [4.69, 9.17) is 16.3 Å². The first-order valence-electron chi connectivity index (χ1n) is 7.92. The van der Waals surface area contributed by atoms with Crippen molar-refractivity contribution in [1.29, 1.82) is 0 Å². The van der Waals surface area contributed by atoms with Crippen LogP contribution >= 0.6 is 11.6 Å². The molecule has 8 nitrogen and oxygen atoms in total. The molecule has 0 saturated carbocycles. The number of methoxy groups -OCH3 is 1. The van der Waals surface area contributed by atoms with E-state index in [0.717, 1.165) is 5.56 Å². The monoisotopic (exact) mass is 385 g/mol. The van der Waals surface area contributed by atoms with Crippen LogP contribution in [0.15, 0.2) is 48.8 Å². The Morgan fingerprint density at radius 3 is 2.48 bits per heavy atom. The molecule has 0 saturated heterocycles. The number of nitrogens with one attached hydrogen (secondary N) is 2. The summed E-state index contributed by atoms with van der Waals surface area (Å²) in [5.74, 6) is 0.623. The standard InChI is InChI=1S/C18H16ClN5O3/c1-11-7-8-12(9-13(11)19)22-17-16(24(25)26)18(21-10-20-17)23-14-5-3-4-6-15(14)27-2/h3-10H,1-2H3,(H2,20,21,22,23). The van der Waals surface area contributed by atoms with Crippen molar-refractivity contribution in [2.75, 3.05) is 17.7 Å². The first-order chi connectivity index (χ1) is 13.0. The van der Waals surface area contributed by atoms with Crippen LogP contribution in [0.1, 0.15) is 5.56 Å². The average molecular weight is 386 g/mol. The van der Waals surface area contributed by atoms with Gasteiger partial charge in [-0.05, 0) is 36.8 Å². The third-order valence-corrected chi connectivity index (χ3v) is 4.21. The first kappa shape index (κ1) is 18.4. The number of hydrogen-bond donors (Lipinski definition) is 2. The van der Waals surface area contributed by atoms with Crippen molar-refractivity contribution in [1.82, 2.24) is 9.97 Å². The van der Waals surface area contributed by atoms with Gasteiger partial charge in [-0.1, -0.05) is 29.8 Å². The summed E-state index contributed by atoms with van der Waals surface area (Å²) in [6.45, 7) is 1.87. The van der Waals surface area contributed by atoms with Gasteiger partial charge in [-0.15, -0.1) is 0 Å². The maximum atomic E-state index is 11.7. The molecular weight excluding hydrogens is 370 g/mol. The smallest absolute Gasteiger partial charge is 0.353 e. The molecule has 0 aliphatic heterocycles. The quantitative estimate of drug-likeness (QED) is 0.462. The fourth-order valence-corrected chi connectivity index (χ4v) is 2.60. The number of nitrogens with zero attached hydrogens (tertiary/aromatic N) is 3. The highest BCUT2D eigenvalue weighted by Gasteiger charge is 2.24. The Labute approximate surface area is 160 Å². The minimum absolute atomic E-state index is 0.0419. The molecule has 138 valence electrons. The minimum Gasteiger partial charge on any atom is -0.495 e. The number of rotatable bonds is 6. The predicted molar refractivity (Wildman–Crippen MR) is 104 cm³/mol. The van der Waals surface area contributed by atoms with Crippen molar-refractivity contribution < 1.29 is 9.66 Å². The number of halogens is 1. The molecule has 0 atom stereocenters. The van der Waals surface area contributed by atoms with Crippen LogP contribution in [0.4, 0.5) is 28.7 Å². The number of benzene rings is 2. The summed E-state index contributed by atoms with van der Waals surface area (Å²) in [5.41, 5.74) is 1.74. The van der Waals surface area contributed by atoms with Gasteiger partial charge in [0.1, 0.15) is 12.1 Å². The van der Waals surface area contributed by atoms with E-state index in [1.807, 2.05) is 13.0 Å². The molecule has 0 radical (unpaired) electrons. The topological polar surface area (TPSA) is 102 Å². The van der Waals surface area contributed by atoms with Crippen molar-refractivity contribution in [3.63, 3.8) is 0 Å². The lowest BCUT2D eigenvalue weighted by Gasteiger charge is -2.12. The van der Waals surface area contributed by atoms with Gasteiger partial charge in [0.15, 0.2) is 0 Å². The summed E-state index contributed by atoms with van der Waals surface area (Å²) in [7, 11) is 1.52. The lowest BCUT2D eigenvalue weighted by molar-refractivity contribution is -0.383. The number of hydrogen-bond acceptors (Lipinski definition) is 7. The second-order valence-corrected chi connectivity index (χ2v) is 6.00. The largest absolute Gasteiger partial charge is 0.495 e. The fraction of sp³-hybridized carbons (Fsp3) is 0.111. The van der Waals surface area contributed by atoms with Crippen LogP contribution in [-0.2, 0) is 0 Å². The van der Waals surface area contributed by atoms with Crippen LogP contribution in [0, 0.1) is 17.0 Å². The zero-order valence-electron chi connectivity index (χ0n) is 14.6. The molecular formula is C18H16ClN5O3. The zero-order valence-corrected chi connectivity index (χ0v) is 15.3. The highest BCUT2D eigenvalue weighted by molar-refractivity contribution is 6.31. The van der Waals surface area contributed by atoms with Gasteiger partial charge >= 0.3 is 5.69 Å². The normalized spacial score (nSPS) is 10.3. The lowest BCUT2D eigenvalue weighted by Crippen LogP contribution is -2.06. The second-order valence-electron chi connectivity index (χ2n) is 5.59. The van der Waals surface area contributed by atoms with E-state index >= 15 is 0 Å². The van der Waals surface area contributed by atoms with Crippen molar-refractivity contribution in [2.24, 2.45) is 0 Å². The Bertz CT molecular complexity index is 996. The predicted octanol–water partition coefficient (Wildman–Crippen LogP) is 4.84. The highest BCUT2D eigenvalue weighted by Crippen LogP contribution is 2.35. The fourth-order valence-electron chi connectivity index (χ4n) is 2.42. The molecule has 2 N–H and O–H groups in total. The molecule has 0 bridgehead atoms. The molecule has 2 aromatic carbocycles. The van der Waals surface area contributed by atoms with Crippen molar-refractivity contribution >= 4 is 40.3 Å². The van der Waals surface area contributed by atoms with Gasteiger partial charge < -0.3 is 15.4 Å².